The fourth-order valence-electron chi connectivity index (χ4n) is 3.46. The predicted molar refractivity (Wildman–Crippen MR) is 106 cm³/mol. The van der Waals surface area contributed by atoms with Gasteiger partial charge in [-0.05, 0) is 24.3 Å². The average molecular weight is 457 g/mol. The number of fused-ring (bicyclic) bond motifs is 1. The zero-order chi connectivity index (χ0) is 22.2. The lowest BCUT2D eigenvalue weighted by molar-refractivity contribution is -0.921. The summed E-state index contributed by atoms with van der Waals surface area (Å²) < 4.78 is 57.2. The van der Waals surface area contributed by atoms with E-state index in [1.165, 1.54) is 30.3 Å². The fraction of sp³-hybridized carbons (Fsp3) is 0.286. The summed E-state index contributed by atoms with van der Waals surface area (Å²) >= 11 is 5.98. The maximum Gasteiger partial charge on any atom is 0.453 e. The summed E-state index contributed by atoms with van der Waals surface area (Å²) in [5, 5.41) is 10.2. The zero-order valence-corrected chi connectivity index (χ0v) is 16.8. The van der Waals surface area contributed by atoms with Crippen LogP contribution in [0.2, 0.25) is 5.02 Å². The van der Waals surface area contributed by atoms with Gasteiger partial charge in [-0.3, -0.25) is 4.79 Å². The Hall–Kier alpha value is -2.75. The number of phenols is 1. The first kappa shape index (κ1) is 21.5. The molecule has 2 heterocycles. The van der Waals surface area contributed by atoms with Crippen molar-refractivity contribution in [3.63, 3.8) is 0 Å². The maximum absolute atomic E-state index is 13.8. The van der Waals surface area contributed by atoms with Crippen LogP contribution in [0.1, 0.15) is 11.3 Å². The van der Waals surface area contributed by atoms with Crippen LogP contribution in [0, 0.1) is 0 Å². The van der Waals surface area contributed by atoms with Crippen LogP contribution in [0.4, 0.5) is 13.2 Å². The van der Waals surface area contributed by atoms with E-state index in [0.717, 1.165) is 4.90 Å². The van der Waals surface area contributed by atoms with Gasteiger partial charge in [-0.25, -0.2) is 0 Å². The molecule has 1 aliphatic rings. The lowest BCUT2D eigenvalue weighted by Crippen LogP contribution is -3.12. The largest absolute Gasteiger partial charge is 0.507 e. The van der Waals surface area contributed by atoms with Crippen molar-refractivity contribution >= 4 is 22.6 Å². The second kappa shape index (κ2) is 8.41. The van der Waals surface area contributed by atoms with Gasteiger partial charge in [-0.1, -0.05) is 23.7 Å². The molecular formula is C21H18ClF3NO5+. The van der Waals surface area contributed by atoms with E-state index in [-0.39, 0.29) is 39.6 Å². The summed E-state index contributed by atoms with van der Waals surface area (Å²) in [6.45, 7) is 2.39. The van der Waals surface area contributed by atoms with Gasteiger partial charge in [0, 0.05) is 0 Å². The lowest BCUT2D eigenvalue weighted by atomic mass is 10.1. The minimum Gasteiger partial charge on any atom is -0.507 e. The van der Waals surface area contributed by atoms with Crippen molar-refractivity contribution < 1.29 is 37.1 Å². The second-order valence-electron chi connectivity index (χ2n) is 7.10. The van der Waals surface area contributed by atoms with Crippen LogP contribution in [0.15, 0.2) is 45.6 Å². The number of benzene rings is 2. The van der Waals surface area contributed by atoms with Gasteiger partial charge in [0.15, 0.2) is 5.58 Å². The molecule has 31 heavy (non-hydrogen) atoms. The molecule has 10 heteroatoms. The van der Waals surface area contributed by atoms with Gasteiger partial charge >= 0.3 is 6.18 Å². The molecule has 4 rings (SSSR count). The molecule has 2 aromatic carbocycles. The number of hydrogen-bond acceptors (Lipinski definition) is 5. The van der Waals surface area contributed by atoms with Gasteiger partial charge in [0.05, 0.1) is 29.2 Å². The number of phenolic OH excluding ortho intramolecular Hbond substituents is 1. The summed E-state index contributed by atoms with van der Waals surface area (Å²) in [5.41, 5.74) is -1.20. The zero-order valence-electron chi connectivity index (χ0n) is 16.1. The Labute approximate surface area is 179 Å². The molecule has 6 nitrogen and oxygen atoms in total. The fourth-order valence-corrected chi connectivity index (χ4v) is 3.64. The number of halogens is 4. The Bertz CT molecular complexity index is 1170. The highest BCUT2D eigenvalue weighted by molar-refractivity contribution is 6.32. The van der Waals surface area contributed by atoms with E-state index >= 15 is 0 Å². The van der Waals surface area contributed by atoms with E-state index in [1.807, 2.05) is 0 Å². The molecule has 0 amide bonds. The molecule has 0 atom stereocenters. The highest BCUT2D eigenvalue weighted by Crippen LogP contribution is 2.40. The van der Waals surface area contributed by atoms with E-state index < -0.39 is 23.1 Å². The van der Waals surface area contributed by atoms with E-state index in [9.17, 15) is 23.1 Å². The van der Waals surface area contributed by atoms with Crippen molar-refractivity contribution in [2.75, 3.05) is 26.3 Å². The van der Waals surface area contributed by atoms with E-state index in [4.69, 9.17) is 25.5 Å². The summed E-state index contributed by atoms with van der Waals surface area (Å²) in [6, 6.07) is 8.34. The molecule has 0 saturated carbocycles. The van der Waals surface area contributed by atoms with Gasteiger partial charge in [0.1, 0.15) is 31.1 Å². The van der Waals surface area contributed by atoms with E-state index in [2.05, 4.69) is 0 Å². The summed E-state index contributed by atoms with van der Waals surface area (Å²) in [5.74, 6) is -2.96. The number of quaternary nitrogens is 1. The molecule has 164 valence electrons. The Morgan fingerprint density at radius 1 is 1.13 bits per heavy atom. The van der Waals surface area contributed by atoms with Crippen molar-refractivity contribution in [3.05, 3.63) is 63.0 Å². The van der Waals surface area contributed by atoms with Crippen molar-refractivity contribution in [1.29, 1.82) is 0 Å². The number of alkyl halides is 3. The summed E-state index contributed by atoms with van der Waals surface area (Å²) in [6.07, 6.45) is -5.02. The number of nitrogens with one attached hydrogen (secondary N) is 1. The SMILES string of the molecule is O=c1c(Oc2ccccc2Cl)c(C(F)(F)F)oc2c(C[NH+]3CCOCC3)c(O)ccc12. The first-order chi connectivity index (χ1) is 14.8. The molecule has 0 unspecified atom stereocenters. The Kier molecular flexibility index (Phi) is 5.83. The second-order valence-corrected chi connectivity index (χ2v) is 7.51. The molecule has 0 spiro atoms. The molecular weight excluding hydrogens is 439 g/mol. The van der Waals surface area contributed by atoms with Crippen LogP contribution in [0.5, 0.6) is 17.2 Å². The van der Waals surface area contributed by atoms with Crippen molar-refractivity contribution in [1.82, 2.24) is 0 Å². The predicted octanol–water partition coefficient (Wildman–Crippen LogP) is 3.38. The van der Waals surface area contributed by atoms with Crippen LogP contribution in [-0.4, -0.2) is 31.4 Å². The third kappa shape index (κ3) is 4.34. The maximum atomic E-state index is 13.8. The normalized spacial score (nSPS) is 15.4. The Balaban J connectivity index is 1.89. The molecule has 0 aliphatic carbocycles. The number of para-hydroxylation sites is 1. The summed E-state index contributed by atoms with van der Waals surface area (Å²) in [7, 11) is 0. The van der Waals surface area contributed by atoms with Gasteiger partial charge in [0.2, 0.25) is 11.2 Å². The van der Waals surface area contributed by atoms with Crippen LogP contribution in [0.25, 0.3) is 11.0 Å². The smallest absolute Gasteiger partial charge is 0.453 e. The molecule has 0 radical (unpaired) electrons. The molecule has 0 bridgehead atoms. The topological polar surface area (TPSA) is 73.3 Å². The summed E-state index contributed by atoms with van der Waals surface area (Å²) in [4.78, 5) is 14.0. The molecule has 1 saturated heterocycles. The standard InChI is InChI=1S/C21H17ClF3NO5/c22-14-3-1-2-4-16(14)30-19-17(28)12-5-6-15(27)13(11-26-7-9-29-10-8-26)18(12)31-20(19)21(23,24)25/h1-6,27H,7-11H2/p+1. The van der Waals surface area contributed by atoms with Crippen molar-refractivity contribution in [2.45, 2.75) is 12.7 Å². The van der Waals surface area contributed by atoms with E-state index in [0.29, 0.717) is 26.3 Å². The van der Waals surface area contributed by atoms with E-state index in [1.54, 1.807) is 6.07 Å². The number of ether oxygens (including phenoxy) is 2. The van der Waals surface area contributed by atoms with Crippen LogP contribution in [-0.2, 0) is 17.5 Å². The van der Waals surface area contributed by atoms with Gasteiger partial charge in [-0.15, -0.1) is 0 Å². The first-order valence-electron chi connectivity index (χ1n) is 9.48. The third-order valence-electron chi connectivity index (χ3n) is 5.03. The minimum atomic E-state index is -5.02. The highest BCUT2D eigenvalue weighted by atomic mass is 35.5. The number of hydrogen-bond donors (Lipinski definition) is 2. The minimum absolute atomic E-state index is 0.0393. The molecule has 3 aromatic rings. The third-order valence-corrected chi connectivity index (χ3v) is 5.34. The van der Waals surface area contributed by atoms with Crippen LogP contribution >= 0.6 is 11.6 Å². The number of rotatable bonds is 4. The number of aromatic hydroxyl groups is 1. The average Bonchev–Trinajstić information content (AvgIpc) is 2.73. The van der Waals surface area contributed by atoms with Crippen LogP contribution < -0.4 is 15.1 Å². The quantitative estimate of drug-likeness (QED) is 0.629. The molecule has 1 aliphatic heterocycles. The van der Waals surface area contributed by atoms with Crippen molar-refractivity contribution in [3.8, 4) is 17.2 Å². The highest BCUT2D eigenvalue weighted by Gasteiger charge is 2.41. The molecule has 2 N–H and O–H groups in total. The Morgan fingerprint density at radius 3 is 2.52 bits per heavy atom. The first-order valence-corrected chi connectivity index (χ1v) is 9.86. The molecule has 1 fully saturated rings. The van der Waals surface area contributed by atoms with Gasteiger partial charge < -0.3 is 23.9 Å². The van der Waals surface area contributed by atoms with Gasteiger partial charge in [-0.2, -0.15) is 13.2 Å². The van der Waals surface area contributed by atoms with Gasteiger partial charge in [0.25, 0.3) is 5.76 Å². The monoisotopic (exact) mass is 456 g/mol. The molecule has 1 aromatic heterocycles. The van der Waals surface area contributed by atoms with Crippen LogP contribution in [0.3, 0.4) is 0 Å². The number of morpholine rings is 1. The van der Waals surface area contributed by atoms with Crippen molar-refractivity contribution in [2.24, 2.45) is 0 Å². The Morgan fingerprint density at radius 2 is 1.84 bits per heavy atom. The lowest BCUT2D eigenvalue weighted by Gasteiger charge is -2.24.